The van der Waals surface area contributed by atoms with Crippen molar-refractivity contribution in [3.63, 3.8) is 0 Å². The fraction of sp³-hybridized carbons (Fsp3) is 0.727. The fourth-order valence-corrected chi connectivity index (χ4v) is 3.02. The molecular formula is C11H18N4O7S. The fourth-order valence-electron chi connectivity index (χ4n) is 2.64. The van der Waals surface area contributed by atoms with Crippen molar-refractivity contribution in [2.24, 2.45) is 11.8 Å². The van der Waals surface area contributed by atoms with Crippen molar-refractivity contribution >= 4 is 28.2 Å². The second kappa shape index (κ2) is 6.03. The molecule has 3 N–H and O–H groups in total. The van der Waals surface area contributed by atoms with Gasteiger partial charge in [-0.3, -0.25) is 14.1 Å². The van der Waals surface area contributed by atoms with Crippen LogP contribution in [0.1, 0.15) is 26.7 Å². The Hall–Kier alpha value is -1.76. The number of amides is 4. The molecule has 0 aromatic rings. The Kier molecular flexibility index (Phi) is 4.61. The van der Waals surface area contributed by atoms with Gasteiger partial charge in [0.15, 0.2) is 0 Å². The molecule has 0 aromatic heterocycles. The number of piperidine rings is 1. The molecule has 0 aliphatic carbocycles. The van der Waals surface area contributed by atoms with Crippen LogP contribution < -0.4 is 5.84 Å². The first-order chi connectivity index (χ1) is 10.5. The Bertz CT molecular complexity index is 634. The van der Waals surface area contributed by atoms with Crippen molar-refractivity contribution in [1.29, 1.82) is 0 Å². The molecule has 2 atom stereocenters. The lowest BCUT2D eigenvalue weighted by molar-refractivity contribution is -0.150. The number of hydrogen-bond donors (Lipinski definition) is 2. The van der Waals surface area contributed by atoms with Crippen LogP contribution in [0.25, 0.3) is 0 Å². The van der Waals surface area contributed by atoms with Crippen LogP contribution in [0.5, 0.6) is 0 Å². The summed E-state index contributed by atoms with van der Waals surface area (Å²) in [6.45, 7) is 3.19. The zero-order valence-corrected chi connectivity index (χ0v) is 13.4. The normalized spacial score (nSPS) is 24.3. The van der Waals surface area contributed by atoms with Gasteiger partial charge < -0.3 is 4.90 Å². The van der Waals surface area contributed by atoms with E-state index in [1.165, 1.54) is 0 Å². The molecule has 0 saturated carbocycles. The van der Waals surface area contributed by atoms with Crippen molar-refractivity contribution in [1.82, 2.24) is 15.0 Å². The van der Waals surface area contributed by atoms with Crippen LogP contribution >= 0.6 is 0 Å². The molecule has 2 fully saturated rings. The lowest BCUT2D eigenvalue weighted by atomic mass is 10.00. The zero-order chi connectivity index (χ0) is 17.5. The van der Waals surface area contributed by atoms with Crippen molar-refractivity contribution in [3.8, 4) is 0 Å². The standard InChI is InChI=1S/C11H18N4O7S/c1-6(2)9(16)14(12)10(17)8-4-3-7-5-13(8)11(18)15(7)22-23(19,20)21/h6-8H,3-5,12H2,1-2H3,(H,19,20,21)/t7-,8+/m0/s1. The number of urea groups is 1. The van der Waals surface area contributed by atoms with Gasteiger partial charge in [-0.1, -0.05) is 13.8 Å². The van der Waals surface area contributed by atoms with Crippen LogP contribution in [0.2, 0.25) is 0 Å². The lowest BCUT2D eigenvalue weighted by Gasteiger charge is -2.31. The third kappa shape index (κ3) is 3.44. The number of imide groups is 1. The van der Waals surface area contributed by atoms with Crippen LogP contribution in [0.3, 0.4) is 0 Å². The maximum Gasteiger partial charge on any atom is 0.418 e. The molecule has 23 heavy (non-hydrogen) atoms. The third-order valence-electron chi connectivity index (χ3n) is 3.75. The topological polar surface area (TPSA) is 151 Å². The lowest BCUT2D eigenvalue weighted by Crippen LogP contribution is -2.56. The van der Waals surface area contributed by atoms with E-state index in [0.29, 0.717) is 10.1 Å². The zero-order valence-electron chi connectivity index (χ0n) is 12.6. The summed E-state index contributed by atoms with van der Waals surface area (Å²) in [5.74, 6) is 3.69. The maximum absolute atomic E-state index is 12.3. The summed E-state index contributed by atoms with van der Waals surface area (Å²) < 4.78 is 34.5. The number of fused-ring (bicyclic) bond motifs is 2. The number of hydroxylamine groups is 2. The van der Waals surface area contributed by atoms with Gasteiger partial charge in [-0.25, -0.2) is 15.6 Å². The van der Waals surface area contributed by atoms with Crippen LogP contribution in [0.15, 0.2) is 0 Å². The number of nitrogens with zero attached hydrogens (tertiary/aromatic N) is 3. The summed E-state index contributed by atoms with van der Waals surface area (Å²) in [7, 11) is -4.85. The highest BCUT2D eigenvalue weighted by Gasteiger charge is 2.50. The summed E-state index contributed by atoms with van der Waals surface area (Å²) in [6.07, 6.45) is 0.456. The van der Waals surface area contributed by atoms with Gasteiger partial charge in [0, 0.05) is 12.5 Å². The van der Waals surface area contributed by atoms with E-state index < -0.39 is 46.2 Å². The number of carbonyl (C=O) groups excluding carboxylic acids is 3. The molecule has 0 radical (unpaired) electrons. The van der Waals surface area contributed by atoms with Crippen LogP contribution in [0, 0.1) is 5.92 Å². The number of nitrogens with two attached hydrogens (primary N) is 1. The predicted molar refractivity (Wildman–Crippen MR) is 74.3 cm³/mol. The first-order valence-corrected chi connectivity index (χ1v) is 8.28. The highest BCUT2D eigenvalue weighted by Crippen LogP contribution is 2.31. The number of carbonyl (C=O) groups is 3. The first kappa shape index (κ1) is 17.6. The summed E-state index contributed by atoms with van der Waals surface area (Å²) in [5.41, 5.74) is 0. The molecule has 11 nitrogen and oxygen atoms in total. The Morgan fingerprint density at radius 2 is 2.00 bits per heavy atom. The molecule has 2 saturated heterocycles. The summed E-state index contributed by atoms with van der Waals surface area (Å²) in [6, 6.07) is -2.48. The smallest absolute Gasteiger partial charge is 0.309 e. The number of hydrazine groups is 1. The highest BCUT2D eigenvalue weighted by molar-refractivity contribution is 7.80. The average molecular weight is 350 g/mol. The maximum atomic E-state index is 12.3. The van der Waals surface area contributed by atoms with Crippen molar-refractivity contribution in [2.45, 2.75) is 38.8 Å². The minimum atomic E-state index is -4.85. The van der Waals surface area contributed by atoms with Gasteiger partial charge in [-0.05, 0) is 12.8 Å². The van der Waals surface area contributed by atoms with E-state index in [4.69, 9.17) is 10.4 Å². The van der Waals surface area contributed by atoms with E-state index in [0.717, 1.165) is 4.90 Å². The molecule has 2 heterocycles. The summed E-state index contributed by atoms with van der Waals surface area (Å²) in [5, 5.41) is 1.00. The van der Waals surface area contributed by atoms with E-state index in [9.17, 15) is 22.8 Å². The van der Waals surface area contributed by atoms with Gasteiger partial charge in [0.1, 0.15) is 6.04 Å². The van der Waals surface area contributed by atoms with Crippen molar-refractivity contribution in [2.75, 3.05) is 6.54 Å². The van der Waals surface area contributed by atoms with E-state index in [1.54, 1.807) is 13.8 Å². The highest BCUT2D eigenvalue weighted by atomic mass is 32.3. The SMILES string of the molecule is CC(C)C(=O)N(N)C(=O)[C@H]1CC[C@H]2CN1C(=O)N2OS(=O)(=O)O. The molecule has 0 unspecified atom stereocenters. The Morgan fingerprint density at radius 3 is 2.52 bits per heavy atom. The molecule has 4 amide bonds. The molecule has 130 valence electrons. The molecule has 0 aromatic carbocycles. The Balaban J connectivity index is 2.15. The van der Waals surface area contributed by atoms with Gasteiger partial charge in [0.05, 0.1) is 6.04 Å². The van der Waals surface area contributed by atoms with Gasteiger partial charge in [0.2, 0.25) is 5.91 Å². The van der Waals surface area contributed by atoms with E-state index in [-0.39, 0.29) is 19.4 Å². The molecule has 2 bridgehead atoms. The number of rotatable bonds is 4. The molecule has 12 heteroatoms. The second-order valence-corrected chi connectivity index (χ2v) is 6.72. The molecule has 2 aliphatic heterocycles. The Labute approximate surface area is 132 Å². The minimum absolute atomic E-state index is 0.0362. The van der Waals surface area contributed by atoms with Gasteiger partial charge in [-0.2, -0.15) is 13.5 Å². The molecular weight excluding hydrogens is 332 g/mol. The predicted octanol–water partition coefficient (Wildman–Crippen LogP) is -1.13. The molecule has 2 aliphatic rings. The molecule has 0 spiro atoms. The van der Waals surface area contributed by atoms with Crippen molar-refractivity contribution < 1.29 is 31.6 Å². The van der Waals surface area contributed by atoms with E-state index in [1.807, 2.05) is 0 Å². The van der Waals surface area contributed by atoms with Gasteiger partial charge >= 0.3 is 16.4 Å². The summed E-state index contributed by atoms with van der Waals surface area (Å²) in [4.78, 5) is 37.4. The van der Waals surface area contributed by atoms with Crippen LogP contribution in [0.4, 0.5) is 4.79 Å². The Morgan fingerprint density at radius 1 is 1.39 bits per heavy atom. The van der Waals surface area contributed by atoms with Crippen LogP contribution in [-0.2, 0) is 24.3 Å². The second-order valence-electron chi connectivity index (χ2n) is 5.71. The van der Waals surface area contributed by atoms with Gasteiger partial charge in [0.25, 0.3) is 5.91 Å². The third-order valence-corrected chi connectivity index (χ3v) is 4.10. The van der Waals surface area contributed by atoms with Crippen LogP contribution in [-0.4, -0.2) is 64.4 Å². The van der Waals surface area contributed by atoms with E-state index in [2.05, 4.69) is 4.28 Å². The first-order valence-electron chi connectivity index (χ1n) is 6.92. The van der Waals surface area contributed by atoms with Crippen molar-refractivity contribution in [3.05, 3.63) is 0 Å². The monoisotopic (exact) mass is 350 g/mol. The van der Waals surface area contributed by atoms with E-state index >= 15 is 0 Å². The minimum Gasteiger partial charge on any atom is -0.309 e. The largest absolute Gasteiger partial charge is 0.418 e. The quantitative estimate of drug-likeness (QED) is 0.280. The molecule has 2 rings (SSSR count). The summed E-state index contributed by atoms with van der Waals surface area (Å²) >= 11 is 0. The van der Waals surface area contributed by atoms with Gasteiger partial charge in [-0.15, -0.1) is 4.28 Å². The average Bonchev–Trinajstić information content (AvgIpc) is 2.69. The number of hydrogen-bond acceptors (Lipinski definition) is 7.